The zero-order valence-electron chi connectivity index (χ0n) is 13.6. The van der Waals surface area contributed by atoms with Crippen LogP contribution in [0, 0.1) is 5.92 Å². The van der Waals surface area contributed by atoms with Crippen molar-refractivity contribution in [2.45, 2.75) is 51.0 Å². The maximum absolute atomic E-state index is 12.0. The fourth-order valence-corrected chi connectivity index (χ4v) is 3.00. The molecule has 0 spiro atoms. The Morgan fingerprint density at radius 2 is 2.00 bits per heavy atom. The minimum atomic E-state index is -0.840. The van der Waals surface area contributed by atoms with Crippen LogP contribution < -0.4 is 10.6 Å². The summed E-state index contributed by atoms with van der Waals surface area (Å²) in [6, 6.07) is 2.91. The van der Waals surface area contributed by atoms with Gasteiger partial charge in [0, 0.05) is 19.0 Å². The van der Waals surface area contributed by atoms with Crippen molar-refractivity contribution in [2.75, 3.05) is 6.54 Å². The predicted molar refractivity (Wildman–Crippen MR) is 86.4 cm³/mol. The summed E-state index contributed by atoms with van der Waals surface area (Å²) < 4.78 is 4.97. The summed E-state index contributed by atoms with van der Waals surface area (Å²) in [4.78, 5) is 35.0. The first-order valence-corrected chi connectivity index (χ1v) is 8.42. The molecule has 1 saturated carbocycles. The molecule has 1 heterocycles. The van der Waals surface area contributed by atoms with E-state index in [1.54, 1.807) is 12.1 Å². The number of hydrogen-bond acceptors (Lipinski definition) is 4. The second-order valence-electron chi connectivity index (χ2n) is 6.09. The van der Waals surface area contributed by atoms with E-state index < -0.39 is 11.9 Å². The molecule has 7 nitrogen and oxygen atoms in total. The SMILES string of the molecule is O=C(CCCNC(=O)c1ccco1)N[C@@H]1CCCCC[C@H]1C(=O)O. The molecule has 1 aromatic heterocycles. The fourth-order valence-electron chi connectivity index (χ4n) is 3.00. The second kappa shape index (κ2) is 9.10. The molecular weight excluding hydrogens is 312 g/mol. The van der Waals surface area contributed by atoms with E-state index in [4.69, 9.17) is 4.42 Å². The molecule has 132 valence electrons. The van der Waals surface area contributed by atoms with Gasteiger partial charge in [-0.15, -0.1) is 0 Å². The molecule has 24 heavy (non-hydrogen) atoms. The van der Waals surface area contributed by atoms with E-state index in [-0.39, 0.29) is 30.0 Å². The number of hydrogen-bond donors (Lipinski definition) is 3. The number of nitrogens with one attached hydrogen (secondary N) is 2. The van der Waals surface area contributed by atoms with Crippen LogP contribution in [-0.4, -0.2) is 35.5 Å². The van der Waals surface area contributed by atoms with E-state index in [0.29, 0.717) is 25.8 Å². The third-order valence-electron chi connectivity index (χ3n) is 4.29. The van der Waals surface area contributed by atoms with E-state index in [2.05, 4.69) is 10.6 Å². The highest BCUT2D eigenvalue weighted by molar-refractivity contribution is 5.91. The van der Waals surface area contributed by atoms with Crippen LogP contribution in [0.4, 0.5) is 0 Å². The van der Waals surface area contributed by atoms with Crippen molar-refractivity contribution in [1.82, 2.24) is 10.6 Å². The Balaban J connectivity index is 1.70. The van der Waals surface area contributed by atoms with Gasteiger partial charge in [-0.25, -0.2) is 0 Å². The van der Waals surface area contributed by atoms with Gasteiger partial charge in [0.05, 0.1) is 12.2 Å². The first kappa shape index (κ1) is 18.0. The number of carboxylic acids is 1. The van der Waals surface area contributed by atoms with Crippen molar-refractivity contribution < 1.29 is 23.9 Å². The molecule has 0 aromatic carbocycles. The highest BCUT2D eigenvalue weighted by atomic mass is 16.4. The van der Waals surface area contributed by atoms with Crippen molar-refractivity contribution in [2.24, 2.45) is 5.92 Å². The Morgan fingerprint density at radius 3 is 2.71 bits per heavy atom. The molecule has 0 radical (unpaired) electrons. The first-order valence-electron chi connectivity index (χ1n) is 8.42. The third-order valence-corrected chi connectivity index (χ3v) is 4.29. The normalized spacial score (nSPS) is 20.8. The Bertz CT molecular complexity index is 555. The van der Waals surface area contributed by atoms with Crippen LogP contribution >= 0.6 is 0 Å². The summed E-state index contributed by atoms with van der Waals surface area (Å²) in [7, 11) is 0. The van der Waals surface area contributed by atoms with Crippen molar-refractivity contribution in [3.05, 3.63) is 24.2 Å². The van der Waals surface area contributed by atoms with Crippen LogP contribution in [0.2, 0.25) is 0 Å². The molecule has 7 heteroatoms. The van der Waals surface area contributed by atoms with Gasteiger partial charge in [0.2, 0.25) is 5.91 Å². The zero-order chi connectivity index (χ0) is 17.4. The van der Waals surface area contributed by atoms with E-state index in [0.717, 1.165) is 19.3 Å². The van der Waals surface area contributed by atoms with Gasteiger partial charge >= 0.3 is 5.97 Å². The number of aliphatic carboxylic acids is 1. The van der Waals surface area contributed by atoms with Gasteiger partial charge in [0.15, 0.2) is 5.76 Å². The summed E-state index contributed by atoms with van der Waals surface area (Å²) in [6.07, 6.45) is 6.32. The molecule has 1 aromatic rings. The lowest BCUT2D eigenvalue weighted by Gasteiger charge is -2.22. The fraction of sp³-hybridized carbons (Fsp3) is 0.588. The van der Waals surface area contributed by atoms with Gasteiger partial charge < -0.3 is 20.2 Å². The molecule has 0 saturated heterocycles. The number of carbonyl (C=O) groups excluding carboxylic acids is 2. The molecule has 3 N–H and O–H groups in total. The van der Waals surface area contributed by atoms with Crippen molar-refractivity contribution in [3.63, 3.8) is 0 Å². The second-order valence-corrected chi connectivity index (χ2v) is 6.09. The molecule has 2 atom stereocenters. The van der Waals surface area contributed by atoms with Crippen LogP contribution in [0.3, 0.4) is 0 Å². The van der Waals surface area contributed by atoms with Crippen LogP contribution in [-0.2, 0) is 9.59 Å². The molecule has 0 unspecified atom stereocenters. The topological polar surface area (TPSA) is 109 Å². The van der Waals surface area contributed by atoms with Crippen LogP contribution in [0.25, 0.3) is 0 Å². The maximum Gasteiger partial charge on any atom is 0.308 e. The number of furan rings is 1. The van der Waals surface area contributed by atoms with E-state index in [1.165, 1.54) is 6.26 Å². The minimum absolute atomic E-state index is 0.166. The first-order chi connectivity index (χ1) is 11.6. The summed E-state index contributed by atoms with van der Waals surface area (Å²) in [6.45, 7) is 0.361. The van der Waals surface area contributed by atoms with Crippen molar-refractivity contribution >= 4 is 17.8 Å². The van der Waals surface area contributed by atoms with Crippen LogP contribution in [0.5, 0.6) is 0 Å². The quantitative estimate of drug-likeness (QED) is 0.521. The largest absolute Gasteiger partial charge is 0.481 e. The number of rotatable bonds is 7. The smallest absolute Gasteiger partial charge is 0.308 e. The summed E-state index contributed by atoms with van der Waals surface area (Å²) in [5.74, 6) is -1.58. The Kier molecular flexibility index (Phi) is 6.84. The van der Waals surface area contributed by atoms with E-state index in [9.17, 15) is 19.5 Å². The molecule has 2 rings (SSSR count). The minimum Gasteiger partial charge on any atom is -0.481 e. The maximum atomic E-state index is 12.0. The molecule has 1 aliphatic rings. The molecule has 2 amide bonds. The molecule has 1 aliphatic carbocycles. The van der Waals surface area contributed by atoms with Gasteiger partial charge in [-0.2, -0.15) is 0 Å². The summed E-state index contributed by atoms with van der Waals surface area (Å²) >= 11 is 0. The Morgan fingerprint density at radius 1 is 1.21 bits per heavy atom. The van der Waals surface area contributed by atoms with Crippen molar-refractivity contribution in [3.8, 4) is 0 Å². The molecule has 1 fully saturated rings. The van der Waals surface area contributed by atoms with Crippen LogP contribution in [0.1, 0.15) is 55.5 Å². The predicted octanol–water partition coefficient (Wildman–Crippen LogP) is 1.94. The van der Waals surface area contributed by atoms with Gasteiger partial charge in [-0.1, -0.05) is 19.3 Å². The van der Waals surface area contributed by atoms with Gasteiger partial charge in [0.25, 0.3) is 5.91 Å². The summed E-state index contributed by atoms with van der Waals surface area (Å²) in [5, 5.41) is 14.8. The average Bonchev–Trinajstić information content (AvgIpc) is 2.98. The van der Waals surface area contributed by atoms with Gasteiger partial charge in [-0.05, 0) is 31.4 Å². The lowest BCUT2D eigenvalue weighted by Crippen LogP contribution is -2.43. The lowest BCUT2D eigenvalue weighted by molar-refractivity contribution is -0.143. The molecular formula is C17H24N2O5. The van der Waals surface area contributed by atoms with Gasteiger partial charge in [0.1, 0.15) is 0 Å². The van der Waals surface area contributed by atoms with E-state index in [1.807, 2.05) is 0 Å². The lowest BCUT2D eigenvalue weighted by atomic mass is 9.94. The molecule has 0 bridgehead atoms. The van der Waals surface area contributed by atoms with E-state index >= 15 is 0 Å². The Hall–Kier alpha value is -2.31. The van der Waals surface area contributed by atoms with Gasteiger partial charge in [-0.3, -0.25) is 14.4 Å². The number of carboxylic acid groups (broad SMARTS) is 1. The number of amides is 2. The van der Waals surface area contributed by atoms with Crippen LogP contribution in [0.15, 0.2) is 22.8 Å². The monoisotopic (exact) mass is 336 g/mol. The highest BCUT2D eigenvalue weighted by Gasteiger charge is 2.30. The number of carbonyl (C=O) groups is 3. The Labute approximate surface area is 140 Å². The zero-order valence-corrected chi connectivity index (χ0v) is 13.6. The average molecular weight is 336 g/mol. The standard InChI is InChI=1S/C17H24N2O5/c20-15(9-4-10-18-16(21)14-8-5-11-24-14)19-13-7-3-1-2-6-12(13)17(22)23/h5,8,11-13H,1-4,6-7,9-10H2,(H,18,21)(H,19,20)(H,22,23)/t12-,13-/m1/s1. The molecule has 0 aliphatic heterocycles. The summed E-state index contributed by atoms with van der Waals surface area (Å²) in [5.41, 5.74) is 0. The van der Waals surface area contributed by atoms with Crippen molar-refractivity contribution in [1.29, 1.82) is 0 Å². The highest BCUT2D eigenvalue weighted by Crippen LogP contribution is 2.23. The third kappa shape index (κ3) is 5.40.